The maximum Gasteiger partial charge on any atom is 0.306 e. The van der Waals surface area contributed by atoms with Crippen molar-refractivity contribution in [1.29, 1.82) is 0 Å². The summed E-state index contributed by atoms with van der Waals surface area (Å²) in [5.74, 6) is -0.646. The maximum atomic E-state index is 12.3. The van der Waals surface area contributed by atoms with Gasteiger partial charge in [0.15, 0.2) is 6.10 Å². The van der Waals surface area contributed by atoms with E-state index in [1.807, 2.05) is 0 Å². The van der Waals surface area contributed by atoms with E-state index in [-0.39, 0.29) is 25.2 Å². The molecule has 0 heterocycles. The first-order valence-electron chi connectivity index (χ1n) is 28.3. The molecule has 0 rings (SSSR count). The fourth-order valence-corrected chi connectivity index (χ4v) is 7.02. The van der Waals surface area contributed by atoms with Crippen LogP contribution in [-0.2, 0) is 19.1 Å². The normalized spacial score (nSPS) is 13.7. The van der Waals surface area contributed by atoms with Gasteiger partial charge in [-0.15, -0.1) is 0 Å². The van der Waals surface area contributed by atoms with Crippen LogP contribution in [0, 0.1) is 0 Å². The SMILES string of the molecule is CC/C=C\C/C=C\C/C=C\C/C=C\C/C=C\C/C=C\C/C=C\C/C=C\C/C=C\C/C=C\C/C=C\C/C=C\CCCCCCC(=O)OC(CO)COC(=O)CCCCCCCCC/C=C\C/C=C\C/C=C\CC. The van der Waals surface area contributed by atoms with Gasteiger partial charge in [0.2, 0.25) is 0 Å². The van der Waals surface area contributed by atoms with Crippen molar-refractivity contribution in [2.75, 3.05) is 13.2 Å². The van der Waals surface area contributed by atoms with Crippen molar-refractivity contribution in [1.82, 2.24) is 0 Å². The monoisotopic (exact) mass is 987 g/mol. The molecule has 0 aliphatic carbocycles. The molecule has 72 heavy (non-hydrogen) atoms. The molecule has 1 atom stereocenters. The second kappa shape index (κ2) is 60.3. The average molecular weight is 988 g/mol. The van der Waals surface area contributed by atoms with Gasteiger partial charge in [-0.1, -0.05) is 241 Å². The molecule has 0 radical (unpaired) electrons. The molecular weight excluding hydrogens is 885 g/mol. The Bertz CT molecular complexity index is 1680. The number of hydrogen-bond donors (Lipinski definition) is 1. The van der Waals surface area contributed by atoms with Gasteiger partial charge in [-0.3, -0.25) is 9.59 Å². The number of allylic oxidation sites excluding steroid dienone is 30. The zero-order chi connectivity index (χ0) is 52.0. The molecule has 0 amide bonds. The van der Waals surface area contributed by atoms with Gasteiger partial charge in [0.25, 0.3) is 0 Å². The van der Waals surface area contributed by atoms with E-state index in [1.165, 1.54) is 25.7 Å². The smallest absolute Gasteiger partial charge is 0.306 e. The van der Waals surface area contributed by atoms with Gasteiger partial charge in [0.05, 0.1) is 6.61 Å². The largest absolute Gasteiger partial charge is 0.462 e. The van der Waals surface area contributed by atoms with Crippen LogP contribution in [0.1, 0.15) is 206 Å². The van der Waals surface area contributed by atoms with E-state index in [4.69, 9.17) is 9.47 Å². The second-order valence-electron chi connectivity index (χ2n) is 17.9. The second-order valence-corrected chi connectivity index (χ2v) is 17.9. The fraction of sp³-hybridized carbons (Fsp3) is 0.522. The van der Waals surface area contributed by atoms with Crippen molar-refractivity contribution in [2.45, 2.75) is 213 Å². The lowest BCUT2D eigenvalue weighted by Crippen LogP contribution is -2.28. The fourth-order valence-electron chi connectivity index (χ4n) is 7.02. The van der Waals surface area contributed by atoms with E-state index in [0.29, 0.717) is 12.8 Å². The lowest BCUT2D eigenvalue weighted by atomic mass is 10.1. The highest BCUT2D eigenvalue weighted by molar-refractivity contribution is 5.70. The van der Waals surface area contributed by atoms with Gasteiger partial charge in [-0.25, -0.2) is 0 Å². The summed E-state index contributed by atoms with van der Waals surface area (Å²) in [4.78, 5) is 24.5. The standard InChI is InChI=1S/C67H102O5/c1-3-5-7-9-11-13-15-17-19-21-22-23-24-25-26-27-28-29-30-31-32-33-34-35-36-37-38-39-40-41-42-43-44-46-48-50-52-54-56-58-60-62-67(70)72-65(63-68)64-71-66(69)61-59-57-55-53-51-49-47-45-20-18-16-14-12-10-8-6-4-2/h5-8,11-14,17-20,22-23,25-26,28-29,31-32,34-35,37-38,40-41,43-44,48,50,65,68H,3-4,9-10,15-16,21,24,27,30,33,36,39,42,45-47,49,51-64H2,1-2H3/b7-5-,8-6-,13-11-,14-12-,19-17-,20-18-,23-22-,26-25-,29-28-,32-31-,35-34-,38-37-,41-40-,44-43-,50-48-. The summed E-state index contributed by atoms with van der Waals surface area (Å²) in [6.07, 6.45) is 95.7. The van der Waals surface area contributed by atoms with E-state index >= 15 is 0 Å². The van der Waals surface area contributed by atoms with Crippen LogP contribution in [0.25, 0.3) is 0 Å². The van der Waals surface area contributed by atoms with Crippen LogP contribution < -0.4 is 0 Å². The number of aliphatic hydroxyl groups is 1. The maximum absolute atomic E-state index is 12.3. The van der Waals surface area contributed by atoms with Gasteiger partial charge < -0.3 is 14.6 Å². The summed E-state index contributed by atoms with van der Waals surface area (Å²) in [5, 5.41) is 9.63. The van der Waals surface area contributed by atoms with Crippen LogP contribution in [0.3, 0.4) is 0 Å². The van der Waals surface area contributed by atoms with Crippen LogP contribution in [0.5, 0.6) is 0 Å². The van der Waals surface area contributed by atoms with Crippen LogP contribution >= 0.6 is 0 Å². The molecule has 1 N–H and O–H groups in total. The van der Waals surface area contributed by atoms with Crippen molar-refractivity contribution < 1.29 is 24.2 Å². The molecule has 0 saturated carbocycles. The number of rotatable bonds is 49. The predicted octanol–water partition coefficient (Wildman–Crippen LogP) is 19.5. The molecule has 0 aromatic rings. The molecule has 0 aliphatic rings. The van der Waals surface area contributed by atoms with Gasteiger partial charge in [0, 0.05) is 12.8 Å². The molecule has 0 bridgehead atoms. The summed E-state index contributed by atoms with van der Waals surface area (Å²) >= 11 is 0. The van der Waals surface area contributed by atoms with Crippen molar-refractivity contribution in [3.8, 4) is 0 Å². The van der Waals surface area contributed by atoms with Crippen LogP contribution in [0.15, 0.2) is 182 Å². The van der Waals surface area contributed by atoms with Crippen molar-refractivity contribution in [2.24, 2.45) is 0 Å². The number of carbonyl (C=O) groups excluding carboxylic acids is 2. The minimum atomic E-state index is -0.804. The first-order valence-corrected chi connectivity index (χ1v) is 28.3. The van der Waals surface area contributed by atoms with E-state index < -0.39 is 6.10 Å². The van der Waals surface area contributed by atoms with E-state index in [9.17, 15) is 14.7 Å². The molecule has 0 aliphatic heterocycles. The highest BCUT2D eigenvalue weighted by Crippen LogP contribution is 2.12. The molecule has 0 fully saturated rings. The van der Waals surface area contributed by atoms with Crippen molar-refractivity contribution in [3.63, 3.8) is 0 Å². The minimum absolute atomic E-state index is 0.0935. The summed E-state index contributed by atoms with van der Waals surface area (Å²) in [6, 6.07) is 0. The average Bonchev–Trinajstić information content (AvgIpc) is 3.38. The molecule has 1 unspecified atom stereocenters. The van der Waals surface area contributed by atoms with Gasteiger partial charge >= 0.3 is 11.9 Å². The molecule has 0 spiro atoms. The summed E-state index contributed by atoms with van der Waals surface area (Å²) in [7, 11) is 0. The third-order valence-corrected chi connectivity index (χ3v) is 11.2. The molecule has 5 nitrogen and oxygen atoms in total. The van der Waals surface area contributed by atoms with Gasteiger partial charge in [0.1, 0.15) is 6.61 Å². The van der Waals surface area contributed by atoms with Crippen LogP contribution in [0.4, 0.5) is 0 Å². The zero-order valence-electron chi connectivity index (χ0n) is 45.6. The Morgan fingerprint density at radius 2 is 0.556 bits per heavy atom. The molecular formula is C67H102O5. The summed E-state index contributed by atoms with van der Waals surface area (Å²) < 4.78 is 10.6. The van der Waals surface area contributed by atoms with Gasteiger partial charge in [-0.05, 0) is 135 Å². The number of ether oxygens (including phenoxy) is 2. The van der Waals surface area contributed by atoms with Crippen LogP contribution in [0.2, 0.25) is 0 Å². The number of unbranched alkanes of at least 4 members (excludes halogenated alkanes) is 11. The number of esters is 2. The van der Waals surface area contributed by atoms with Crippen molar-refractivity contribution >= 4 is 11.9 Å². The quantitative estimate of drug-likeness (QED) is 0.0374. The topological polar surface area (TPSA) is 72.8 Å². The third kappa shape index (κ3) is 57.6. The Labute approximate surface area is 442 Å². The Balaban J connectivity index is 3.69. The Hall–Kier alpha value is -5.00. The molecule has 0 aromatic heterocycles. The summed E-state index contributed by atoms with van der Waals surface area (Å²) in [6.45, 7) is 3.87. The zero-order valence-corrected chi connectivity index (χ0v) is 45.6. The van der Waals surface area contributed by atoms with E-state index in [0.717, 1.165) is 154 Å². The Kier molecular flexibility index (Phi) is 56.1. The van der Waals surface area contributed by atoms with Crippen molar-refractivity contribution in [3.05, 3.63) is 182 Å². The van der Waals surface area contributed by atoms with E-state index in [1.54, 1.807) is 0 Å². The van der Waals surface area contributed by atoms with Crippen LogP contribution in [-0.4, -0.2) is 36.4 Å². The number of carbonyl (C=O) groups is 2. The first-order chi connectivity index (χ1) is 35.6. The van der Waals surface area contributed by atoms with Gasteiger partial charge in [-0.2, -0.15) is 0 Å². The highest BCUT2D eigenvalue weighted by atomic mass is 16.6. The Morgan fingerprint density at radius 1 is 0.319 bits per heavy atom. The Morgan fingerprint density at radius 3 is 0.833 bits per heavy atom. The number of aliphatic hydroxyl groups excluding tert-OH is 1. The lowest BCUT2D eigenvalue weighted by molar-refractivity contribution is -0.161. The summed E-state index contributed by atoms with van der Waals surface area (Å²) in [5.41, 5.74) is 0. The third-order valence-electron chi connectivity index (χ3n) is 11.2. The molecule has 0 saturated heterocycles. The lowest BCUT2D eigenvalue weighted by Gasteiger charge is -2.15. The first kappa shape index (κ1) is 67.0. The molecule has 5 heteroatoms. The number of hydrogen-bond acceptors (Lipinski definition) is 5. The minimum Gasteiger partial charge on any atom is -0.462 e. The molecule has 0 aromatic carbocycles. The predicted molar refractivity (Wildman–Crippen MR) is 315 cm³/mol. The van der Waals surface area contributed by atoms with E-state index in [2.05, 4.69) is 196 Å². The highest BCUT2D eigenvalue weighted by Gasteiger charge is 2.16. The molecule has 400 valence electrons.